The SMILES string of the molecule is CCOC(=O)[C@@]1(Cc2ccccc2)C(=O)N2[C@@H](c3ccccc3)OC[C@@H]2[C@H]1NOCc1ccccc1. The Bertz CT molecular complexity index is 1170. The van der Waals surface area contributed by atoms with Crippen LogP contribution in [-0.4, -0.2) is 42.1 Å². The van der Waals surface area contributed by atoms with E-state index in [2.05, 4.69) is 5.48 Å². The smallest absolute Gasteiger partial charge is 0.323 e. The average molecular weight is 487 g/mol. The number of carbonyl (C=O) groups excluding carboxylic acids is 2. The number of nitrogens with one attached hydrogen (secondary N) is 1. The fraction of sp³-hybridized carbons (Fsp3) is 0.310. The van der Waals surface area contributed by atoms with Gasteiger partial charge in [0, 0.05) is 5.56 Å². The van der Waals surface area contributed by atoms with Gasteiger partial charge in [-0.15, -0.1) is 0 Å². The van der Waals surface area contributed by atoms with E-state index in [0.29, 0.717) is 0 Å². The third kappa shape index (κ3) is 4.41. The van der Waals surface area contributed by atoms with Gasteiger partial charge in [0.05, 0.1) is 31.9 Å². The van der Waals surface area contributed by atoms with E-state index in [1.807, 2.05) is 91.0 Å². The zero-order chi connectivity index (χ0) is 25.0. The number of nitrogens with zero attached hydrogens (tertiary/aromatic N) is 1. The van der Waals surface area contributed by atoms with Crippen LogP contribution in [0.1, 0.15) is 29.8 Å². The van der Waals surface area contributed by atoms with E-state index < -0.39 is 29.7 Å². The van der Waals surface area contributed by atoms with Gasteiger partial charge in [0.25, 0.3) is 0 Å². The van der Waals surface area contributed by atoms with Crippen molar-refractivity contribution in [2.45, 2.75) is 38.3 Å². The second-order valence-corrected chi connectivity index (χ2v) is 9.10. The molecule has 1 N–H and O–H groups in total. The van der Waals surface area contributed by atoms with Crippen LogP contribution < -0.4 is 5.48 Å². The van der Waals surface area contributed by atoms with Crippen LogP contribution in [0.5, 0.6) is 0 Å². The monoisotopic (exact) mass is 486 g/mol. The summed E-state index contributed by atoms with van der Waals surface area (Å²) in [4.78, 5) is 35.6. The topological polar surface area (TPSA) is 77.1 Å². The Kier molecular flexibility index (Phi) is 7.13. The van der Waals surface area contributed by atoms with E-state index in [-0.39, 0.29) is 32.1 Å². The number of hydroxylamine groups is 1. The molecule has 5 rings (SSSR count). The van der Waals surface area contributed by atoms with Gasteiger partial charge in [-0.3, -0.25) is 14.4 Å². The zero-order valence-corrected chi connectivity index (χ0v) is 20.2. The Morgan fingerprint density at radius 1 is 0.972 bits per heavy atom. The predicted molar refractivity (Wildman–Crippen MR) is 133 cm³/mol. The summed E-state index contributed by atoms with van der Waals surface area (Å²) in [7, 11) is 0. The van der Waals surface area contributed by atoms with Crippen molar-refractivity contribution in [3.05, 3.63) is 108 Å². The molecule has 1 amide bonds. The summed E-state index contributed by atoms with van der Waals surface area (Å²) >= 11 is 0. The van der Waals surface area contributed by atoms with Crippen molar-refractivity contribution in [3.63, 3.8) is 0 Å². The van der Waals surface area contributed by atoms with Crippen LogP contribution in [0.15, 0.2) is 91.0 Å². The van der Waals surface area contributed by atoms with Gasteiger partial charge >= 0.3 is 5.97 Å². The maximum Gasteiger partial charge on any atom is 0.323 e. The molecule has 0 unspecified atom stereocenters. The van der Waals surface area contributed by atoms with E-state index >= 15 is 0 Å². The van der Waals surface area contributed by atoms with Crippen LogP contribution >= 0.6 is 0 Å². The second-order valence-electron chi connectivity index (χ2n) is 9.10. The van der Waals surface area contributed by atoms with Crippen LogP contribution in [0.25, 0.3) is 0 Å². The lowest BCUT2D eigenvalue weighted by atomic mass is 9.75. The van der Waals surface area contributed by atoms with Gasteiger partial charge in [-0.05, 0) is 24.5 Å². The van der Waals surface area contributed by atoms with Crippen LogP contribution in [0.2, 0.25) is 0 Å². The summed E-state index contributed by atoms with van der Waals surface area (Å²) in [5.74, 6) is -0.872. The van der Waals surface area contributed by atoms with E-state index in [1.165, 1.54) is 0 Å². The van der Waals surface area contributed by atoms with Crippen LogP contribution in [-0.2, 0) is 36.9 Å². The second kappa shape index (κ2) is 10.6. The number of amides is 1. The summed E-state index contributed by atoms with van der Waals surface area (Å²) < 4.78 is 11.7. The Morgan fingerprint density at radius 2 is 1.58 bits per heavy atom. The van der Waals surface area contributed by atoms with E-state index in [9.17, 15) is 9.59 Å². The van der Waals surface area contributed by atoms with Crippen molar-refractivity contribution < 1.29 is 23.9 Å². The van der Waals surface area contributed by atoms with Crippen molar-refractivity contribution in [2.24, 2.45) is 5.41 Å². The molecule has 0 bridgehead atoms. The molecule has 186 valence electrons. The molecule has 3 aromatic carbocycles. The van der Waals surface area contributed by atoms with Crippen molar-refractivity contribution in [1.29, 1.82) is 0 Å². The Morgan fingerprint density at radius 3 is 2.22 bits per heavy atom. The maximum absolute atomic E-state index is 14.3. The summed E-state index contributed by atoms with van der Waals surface area (Å²) in [5.41, 5.74) is 4.31. The lowest BCUT2D eigenvalue weighted by molar-refractivity contribution is -0.167. The Labute approximate surface area is 210 Å². The van der Waals surface area contributed by atoms with Gasteiger partial charge in [0.1, 0.15) is 0 Å². The number of benzene rings is 3. The number of ether oxygens (including phenoxy) is 2. The van der Waals surface area contributed by atoms with Gasteiger partial charge in [0.15, 0.2) is 11.6 Å². The molecule has 36 heavy (non-hydrogen) atoms. The number of hydrogen-bond acceptors (Lipinski definition) is 6. The summed E-state index contributed by atoms with van der Waals surface area (Å²) in [6, 6.07) is 27.8. The number of esters is 1. The zero-order valence-electron chi connectivity index (χ0n) is 20.2. The quantitative estimate of drug-likeness (QED) is 0.282. The van der Waals surface area contributed by atoms with Crippen LogP contribution in [0.4, 0.5) is 0 Å². The molecular formula is C29H30N2O5. The van der Waals surface area contributed by atoms with Crippen molar-refractivity contribution >= 4 is 11.9 Å². The molecule has 0 radical (unpaired) electrons. The number of hydrogen-bond donors (Lipinski definition) is 1. The van der Waals surface area contributed by atoms with E-state index in [1.54, 1.807) is 11.8 Å². The summed E-state index contributed by atoms with van der Waals surface area (Å²) in [6.45, 7) is 2.47. The van der Waals surface area contributed by atoms with Gasteiger partial charge < -0.3 is 14.4 Å². The van der Waals surface area contributed by atoms with Gasteiger partial charge in [0.2, 0.25) is 5.91 Å². The lowest BCUT2D eigenvalue weighted by Crippen LogP contribution is -2.56. The van der Waals surface area contributed by atoms with Gasteiger partial charge in [-0.25, -0.2) is 0 Å². The number of rotatable bonds is 9. The number of fused-ring (bicyclic) bond motifs is 1. The van der Waals surface area contributed by atoms with Crippen molar-refractivity contribution in [3.8, 4) is 0 Å². The third-order valence-electron chi connectivity index (χ3n) is 6.91. The molecule has 2 aliphatic rings. The molecule has 7 nitrogen and oxygen atoms in total. The molecule has 0 aliphatic carbocycles. The maximum atomic E-state index is 14.3. The lowest BCUT2D eigenvalue weighted by Gasteiger charge is -2.32. The minimum Gasteiger partial charge on any atom is -0.465 e. The number of carbonyl (C=O) groups is 2. The van der Waals surface area contributed by atoms with Gasteiger partial charge in [-0.1, -0.05) is 91.0 Å². The average Bonchev–Trinajstić information content (AvgIpc) is 3.44. The molecule has 3 aromatic rings. The fourth-order valence-corrected chi connectivity index (χ4v) is 5.22. The van der Waals surface area contributed by atoms with Crippen molar-refractivity contribution in [1.82, 2.24) is 10.4 Å². The molecule has 2 saturated heterocycles. The molecule has 2 fully saturated rings. The molecular weight excluding hydrogens is 456 g/mol. The van der Waals surface area contributed by atoms with Crippen LogP contribution in [0.3, 0.4) is 0 Å². The minimum atomic E-state index is -1.50. The largest absolute Gasteiger partial charge is 0.465 e. The molecule has 2 heterocycles. The van der Waals surface area contributed by atoms with E-state index in [0.717, 1.165) is 16.7 Å². The molecule has 0 aromatic heterocycles. The molecule has 0 spiro atoms. The highest BCUT2D eigenvalue weighted by atomic mass is 16.6. The van der Waals surface area contributed by atoms with Crippen LogP contribution in [0, 0.1) is 5.41 Å². The standard InChI is InChI=1S/C29H30N2O5/c1-2-34-28(33)29(18-21-12-6-3-7-13-21)25(30-36-19-22-14-8-4-9-15-22)24-20-35-26(31(24)27(29)32)23-16-10-5-11-17-23/h3-17,24-26,30H,2,18-20H2,1H3/t24-,25-,26-,29-/m1/s1. The summed E-state index contributed by atoms with van der Waals surface area (Å²) in [6.07, 6.45) is -0.402. The first-order valence-corrected chi connectivity index (χ1v) is 12.3. The molecule has 2 aliphatic heterocycles. The molecule has 4 atom stereocenters. The molecule has 0 saturated carbocycles. The highest BCUT2D eigenvalue weighted by molar-refractivity contribution is 6.06. The van der Waals surface area contributed by atoms with E-state index in [4.69, 9.17) is 14.3 Å². The first-order valence-electron chi connectivity index (χ1n) is 12.3. The fourth-order valence-electron chi connectivity index (χ4n) is 5.22. The highest BCUT2D eigenvalue weighted by Crippen LogP contribution is 2.48. The Balaban J connectivity index is 1.52. The van der Waals surface area contributed by atoms with Gasteiger partial charge in [-0.2, -0.15) is 5.48 Å². The third-order valence-corrected chi connectivity index (χ3v) is 6.91. The minimum absolute atomic E-state index is 0.170. The highest BCUT2D eigenvalue weighted by Gasteiger charge is 2.68. The predicted octanol–water partition coefficient (Wildman–Crippen LogP) is 3.81. The normalized spacial score (nSPS) is 25.1. The first-order chi connectivity index (χ1) is 17.6. The van der Waals surface area contributed by atoms with Crippen molar-refractivity contribution in [2.75, 3.05) is 13.2 Å². The Hall–Kier alpha value is -3.52. The summed E-state index contributed by atoms with van der Waals surface area (Å²) in [5, 5.41) is 0. The molecule has 7 heteroatoms. The first kappa shape index (κ1) is 24.2.